The second-order valence-corrected chi connectivity index (χ2v) is 6.39. The number of carbonyl (C=O) groups is 2. The Labute approximate surface area is 130 Å². The van der Waals surface area contributed by atoms with Crippen LogP contribution in [0.5, 0.6) is 0 Å². The van der Waals surface area contributed by atoms with Gasteiger partial charge in [-0.1, -0.05) is 12.1 Å². The van der Waals surface area contributed by atoms with Gasteiger partial charge >= 0.3 is 6.09 Å². The van der Waals surface area contributed by atoms with Crippen LogP contribution in [-0.2, 0) is 15.9 Å². The fourth-order valence-electron chi connectivity index (χ4n) is 2.08. The van der Waals surface area contributed by atoms with Crippen LogP contribution in [0.4, 0.5) is 4.79 Å². The van der Waals surface area contributed by atoms with Crippen LogP contribution in [0.15, 0.2) is 24.3 Å². The van der Waals surface area contributed by atoms with Crippen molar-refractivity contribution in [3.8, 4) is 0 Å². The average Bonchev–Trinajstić information content (AvgIpc) is 3.20. The van der Waals surface area contributed by atoms with E-state index < -0.39 is 17.6 Å². The van der Waals surface area contributed by atoms with Crippen molar-refractivity contribution in [2.75, 3.05) is 6.61 Å². The van der Waals surface area contributed by atoms with Gasteiger partial charge in [0.15, 0.2) is 0 Å². The van der Waals surface area contributed by atoms with Crippen LogP contribution in [-0.4, -0.2) is 36.4 Å². The molecule has 1 aliphatic rings. The fourth-order valence-corrected chi connectivity index (χ4v) is 2.08. The number of benzene rings is 1. The Bertz CT molecular complexity index is 544. The highest BCUT2D eigenvalue weighted by Gasteiger charge is 2.34. The van der Waals surface area contributed by atoms with Gasteiger partial charge in [-0.3, -0.25) is 4.79 Å². The van der Waals surface area contributed by atoms with E-state index in [2.05, 4.69) is 5.32 Å². The predicted octanol–water partition coefficient (Wildman–Crippen LogP) is 1.62. The lowest BCUT2D eigenvalue weighted by Crippen LogP contribution is -2.43. The van der Waals surface area contributed by atoms with Crippen molar-refractivity contribution in [1.29, 1.82) is 0 Å². The Balaban J connectivity index is 1.97. The molecule has 0 aromatic heterocycles. The van der Waals surface area contributed by atoms with Crippen LogP contribution in [0.25, 0.3) is 0 Å². The first-order chi connectivity index (χ1) is 10.2. The maximum atomic E-state index is 11.9. The minimum atomic E-state index is -0.540. The molecule has 22 heavy (non-hydrogen) atoms. The standard InChI is InChI=1S/C16H22N2O4/c1-16(2,3)22-15(20)18-12(13-9-21-13)8-10-4-6-11(7-5-10)14(17)19/h4-7,12-13H,8-9H2,1-3H3,(H2,17,19)(H,18,20). The van der Waals surface area contributed by atoms with Crippen LogP contribution in [0.3, 0.4) is 0 Å². The number of hydrogen-bond donors (Lipinski definition) is 2. The number of carbonyl (C=O) groups excluding carboxylic acids is 2. The molecule has 1 aromatic rings. The molecule has 3 N–H and O–H groups in total. The number of rotatable bonds is 5. The number of ether oxygens (including phenoxy) is 2. The molecule has 1 fully saturated rings. The fraction of sp³-hybridized carbons (Fsp3) is 0.500. The molecule has 0 saturated carbocycles. The Morgan fingerprint density at radius 1 is 1.36 bits per heavy atom. The molecule has 1 aliphatic heterocycles. The van der Waals surface area contributed by atoms with Crippen molar-refractivity contribution in [3.05, 3.63) is 35.4 Å². The summed E-state index contributed by atoms with van der Waals surface area (Å²) in [4.78, 5) is 22.9. The SMILES string of the molecule is CC(C)(C)OC(=O)NC(Cc1ccc(C(N)=O)cc1)C1CO1. The third kappa shape index (κ3) is 5.04. The number of primary amides is 1. The Morgan fingerprint density at radius 3 is 2.41 bits per heavy atom. The molecule has 2 amide bonds. The lowest BCUT2D eigenvalue weighted by atomic mass is 10.0. The van der Waals surface area contributed by atoms with Crippen LogP contribution in [0.2, 0.25) is 0 Å². The van der Waals surface area contributed by atoms with Crippen molar-refractivity contribution in [3.63, 3.8) is 0 Å². The highest BCUT2D eigenvalue weighted by molar-refractivity contribution is 5.92. The molecule has 0 aliphatic carbocycles. The third-order valence-corrected chi connectivity index (χ3v) is 3.20. The van der Waals surface area contributed by atoms with Gasteiger partial charge in [0.1, 0.15) is 11.7 Å². The summed E-state index contributed by atoms with van der Waals surface area (Å²) < 4.78 is 10.6. The second kappa shape index (κ2) is 6.36. The molecule has 0 bridgehead atoms. The Morgan fingerprint density at radius 2 is 1.95 bits per heavy atom. The van der Waals surface area contributed by atoms with Gasteiger partial charge in [0, 0.05) is 5.56 Å². The second-order valence-electron chi connectivity index (χ2n) is 6.39. The maximum absolute atomic E-state index is 11.9. The minimum Gasteiger partial charge on any atom is -0.444 e. The van der Waals surface area contributed by atoms with Gasteiger partial charge in [0.2, 0.25) is 5.91 Å². The predicted molar refractivity (Wildman–Crippen MR) is 81.6 cm³/mol. The lowest BCUT2D eigenvalue weighted by Gasteiger charge is -2.23. The van der Waals surface area contributed by atoms with E-state index in [-0.39, 0.29) is 12.1 Å². The molecule has 2 atom stereocenters. The van der Waals surface area contributed by atoms with Crippen molar-refractivity contribution < 1.29 is 19.1 Å². The average molecular weight is 306 g/mol. The van der Waals surface area contributed by atoms with E-state index in [4.69, 9.17) is 15.2 Å². The highest BCUT2D eigenvalue weighted by Crippen LogP contribution is 2.19. The summed E-state index contributed by atoms with van der Waals surface area (Å²) in [5, 5.41) is 2.84. The van der Waals surface area contributed by atoms with E-state index in [0.29, 0.717) is 18.6 Å². The van der Waals surface area contributed by atoms with E-state index >= 15 is 0 Å². The summed E-state index contributed by atoms with van der Waals surface area (Å²) >= 11 is 0. The topological polar surface area (TPSA) is 93.9 Å². The summed E-state index contributed by atoms with van der Waals surface area (Å²) in [6, 6.07) is 6.85. The molecule has 0 spiro atoms. The van der Waals surface area contributed by atoms with Crippen molar-refractivity contribution in [1.82, 2.24) is 5.32 Å². The number of alkyl carbamates (subject to hydrolysis) is 1. The van der Waals surface area contributed by atoms with Crippen molar-refractivity contribution in [2.24, 2.45) is 5.73 Å². The molecule has 6 heteroatoms. The highest BCUT2D eigenvalue weighted by atomic mass is 16.6. The molecule has 2 unspecified atom stereocenters. The molecule has 6 nitrogen and oxygen atoms in total. The van der Waals surface area contributed by atoms with Crippen molar-refractivity contribution in [2.45, 2.75) is 44.9 Å². The Hall–Kier alpha value is -2.08. The molecule has 2 rings (SSSR count). The number of hydrogen-bond acceptors (Lipinski definition) is 4. The van der Waals surface area contributed by atoms with Crippen LogP contribution < -0.4 is 11.1 Å². The molecule has 0 radical (unpaired) electrons. The monoisotopic (exact) mass is 306 g/mol. The van der Waals surface area contributed by atoms with E-state index in [1.165, 1.54) is 0 Å². The lowest BCUT2D eigenvalue weighted by molar-refractivity contribution is 0.0495. The minimum absolute atomic E-state index is 0.00309. The van der Waals surface area contributed by atoms with Gasteiger partial charge in [-0.05, 0) is 44.9 Å². The molecule has 1 saturated heterocycles. The summed E-state index contributed by atoms with van der Waals surface area (Å²) in [5.74, 6) is -0.458. The summed E-state index contributed by atoms with van der Waals surface area (Å²) in [6.07, 6.45) is 0.147. The number of epoxide rings is 1. The van der Waals surface area contributed by atoms with Crippen LogP contribution in [0.1, 0.15) is 36.7 Å². The quantitative estimate of drug-likeness (QED) is 0.808. The molecular formula is C16H22N2O4. The third-order valence-electron chi connectivity index (χ3n) is 3.20. The normalized spacial score (nSPS) is 18.4. The van der Waals surface area contributed by atoms with Gasteiger partial charge in [-0.15, -0.1) is 0 Å². The molecule has 120 valence electrons. The first-order valence-corrected chi connectivity index (χ1v) is 7.24. The number of amides is 2. The van der Waals surface area contributed by atoms with E-state index in [1.54, 1.807) is 12.1 Å². The molecule has 1 heterocycles. The largest absolute Gasteiger partial charge is 0.444 e. The number of nitrogens with one attached hydrogen (secondary N) is 1. The molecular weight excluding hydrogens is 284 g/mol. The van der Waals surface area contributed by atoms with Gasteiger partial charge in [-0.25, -0.2) is 4.79 Å². The summed E-state index contributed by atoms with van der Waals surface area (Å²) in [7, 11) is 0. The van der Waals surface area contributed by atoms with Gasteiger partial charge in [0.25, 0.3) is 0 Å². The van der Waals surface area contributed by atoms with E-state index in [0.717, 1.165) is 5.56 Å². The van der Waals surface area contributed by atoms with Crippen LogP contribution in [0, 0.1) is 0 Å². The van der Waals surface area contributed by atoms with Crippen LogP contribution >= 0.6 is 0 Å². The zero-order chi connectivity index (χ0) is 16.3. The first-order valence-electron chi connectivity index (χ1n) is 7.24. The maximum Gasteiger partial charge on any atom is 0.407 e. The summed E-state index contributed by atoms with van der Waals surface area (Å²) in [6.45, 7) is 6.08. The first kappa shape index (κ1) is 16.3. The van der Waals surface area contributed by atoms with E-state index in [9.17, 15) is 9.59 Å². The van der Waals surface area contributed by atoms with Crippen molar-refractivity contribution >= 4 is 12.0 Å². The molecule has 1 aromatic carbocycles. The van der Waals surface area contributed by atoms with Gasteiger partial charge < -0.3 is 20.5 Å². The zero-order valence-electron chi connectivity index (χ0n) is 13.1. The van der Waals surface area contributed by atoms with Gasteiger partial charge in [-0.2, -0.15) is 0 Å². The number of nitrogens with two attached hydrogens (primary N) is 1. The Kier molecular flexibility index (Phi) is 4.71. The summed E-state index contributed by atoms with van der Waals surface area (Å²) in [5.41, 5.74) is 6.12. The van der Waals surface area contributed by atoms with Gasteiger partial charge in [0.05, 0.1) is 12.6 Å². The zero-order valence-corrected chi connectivity index (χ0v) is 13.1. The van der Waals surface area contributed by atoms with E-state index in [1.807, 2.05) is 32.9 Å². The smallest absolute Gasteiger partial charge is 0.407 e.